The highest BCUT2D eigenvalue weighted by Gasteiger charge is 2.59. The molecule has 2 heterocycles. The number of carbonyl (C=O) groups is 2. The number of ether oxygens (including phenoxy) is 1. The molecule has 9 heteroatoms. The van der Waals surface area contributed by atoms with E-state index in [0.29, 0.717) is 63.3 Å². The minimum atomic E-state index is -0.0715. The fraction of sp³-hybridized carbons (Fsp3) is 0.857. The van der Waals surface area contributed by atoms with Crippen molar-refractivity contribution in [3.63, 3.8) is 0 Å². The van der Waals surface area contributed by atoms with Gasteiger partial charge in [-0.2, -0.15) is 4.80 Å². The van der Waals surface area contributed by atoms with Gasteiger partial charge in [0.1, 0.15) is 0 Å². The van der Waals surface area contributed by atoms with Gasteiger partial charge in [0.25, 0.3) is 0 Å². The number of aryl methyl sites for hydroxylation is 1. The number of nitrogens with one attached hydrogen (secondary N) is 1. The van der Waals surface area contributed by atoms with E-state index in [1.807, 2.05) is 16.6 Å². The molecular weight excluding hydrogens is 384 g/mol. The van der Waals surface area contributed by atoms with Crippen molar-refractivity contribution in [2.45, 2.75) is 63.8 Å². The van der Waals surface area contributed by atoms with Gasteiger partial charge >= 0.3 is 0 Å². The van der Waals surface area contributed by atoms with Gasteiger partial charge in [-0.3, -0.25) is 9.59 Å². The van der Waals surface area contributed by atoms with Gasteiger partial charge in [0.2, 0.25) is 11.8 Å². The molecule has 0 unspecified atom stereocenters. The largest absolute Gasteiger partial charge is 0.378 e. The molecular formula is C21H32N6O3. The number of tetrazole rings is 1. The minimum Gasteiger partial charge on any atom is -0.378 e. The summed E-state index contributed by atoms with van der Waals surface area (Å²) in [6.07, 6.45) is 7.60. The Morgan fingerprint density at radius 3 is 2.57 bits per heavy atom. The van der Waals surface area contributed by atoms with Crippen molar-refractivity contribution in [2.75, 3.05) is 32.8 Å². The number of amides is 2. The van der Waals surface area contributed by atoms with Crippen LogP contribution in [0, 0.1) is 24.2 Å². The number of rotatable bonds is 6. The van der Waals surface area contributed by atoms with Crippen LogP contribution in [0.4, 0.5) is 0 Å². The second kappa shape index (κ2) is 7.59. The SMILES string of the molecule is Cc1nnn(C23C[C@H]4C[C@@H](CC(CC(=O)NCCC(=O)N5CCOCC5)(C4)C2)C3)n1. The molecule has 2 atom stereocenters. The number of aromatic nitrogens is 4. The number of morpholine rings is 1. The molecule has 1 aromatic rings. The van der Waals surface area contributed by atoms with Crippen LogP contribution < -0.4 is 5.32 Å². The van der Waals surface area contributed by atoms with E-state index in [0.717, 1.165) is 32.1 Å². The van der Waals surface area contributed by atoms with Crippen LogP contribution in [0.25, 0.3) is 0 Å². The summed E-state index contributed by atoms with van der Waals surface area (Å²) in [6.45, 7) is 4.79. The lowest BCUT2D eigenvalue weighted by Crippen LogP contribution is -2.58. The third kappa shape index (κ3) is 3.72. The van der Waals surface area contributed by atoms with Crippen molar-refractivity contribution >= 4 is 11.8 Å². The molecule has 6 rings (SSSR count). The zero-order valence-corrected chi connectivity index (χ0v) is 17.8. The van der Waals surface area contributed by atoms with E-state index in [9.17, 15) is 9.59 Å². The van der Waals surface area contributed by atoms with E-state index in [-0.39, 0.29) is 22.8 Å². The van der Waals surface area contributed by atoms with Crippen molar-refractivity contribution in [1.82, 2.24) is 30.4 Å². The second-order valence-electron chi connectivity index (χ2n) is 10.1. The molecule has 4 aliphatic carbocycles. The first-order valence-electron chi connectivity index (χ1n) is 11.3. The first kappa shape index (κ1) is 19.9. The first-order valence-corrected chi connectivity index (χ1v) is 11.3. The molecule has 1 aliphatic heterocycles. The molecule has 1 N–H and O–H groups in total. The third-order valence-corrected chi connectivity index (χ3v) is 7.65. The Labute approximate surface area is 176 Å². The first-order chi connectivity index (χ1) is 14.5. The van der Waals surface area contributed by atoms with Crippen molar-refractivity contribution in [3.05, 3.63) is 5.82 Å². The zero-order chi connectivity index (χ0) is 20.8. The van der Waals surface area contributed by atoms with Crippen LogP contribution in [-0.2, 0) is 19.9 Å². The van der Waals surface area contributed by atoms with Gasteiger partial charge < -0.3 is 15.0 Å². The Balaban J connectivity index is 1.19. The van der Waals surface area contributed by atoms with Gasteiger partial charge in [-0.15, -0.1) is 10.2 Å². The van der Waals surface area contributed by atoms with E-state index in [1.165, 1.54) is 6.42 Å². The lowest BCUT2D eigenvalue weighted by molar-refractivity contribution is -0.139. The van der Waals surface area contributed by atoms with Gasteiger partial charge in [-0.05, 0) is 67.9 Å². The second-order valence-corrected chi connectivity index (χ2v) is 10.1. The summed E-state index contributed by atoms with van der Waals surface area (Å²) in [5.74, 6) is 2.17. The van der Waals surface area contributed by atoms with E-state index in [4.69, 9.17) is 4.74 Å². The van der Waals surface area contributed by atoms with Gasteiger partial charge in [0.15, 0.2) is 5.82 Å². The van der Waals surface area contributed by atoms with Crippen LogP contribution in [0.2, 0.25) is 0 Å². The summed E-state index contributed by atoms with van der Waals surface area (Å²) >= 11 is 0. The van der Waals surface area contributed by atoms with Crippen molar-refractivity contribution in [2.24, 2.45) is 17.3 Å². The monoisotopic (exact) mass is 416 g/mol. The predicted octanol–water partition coefficient (Wildman–Crippen LogP) is 1.03. The molecule has 1 saturated heterocycles. The fourth-order valence-electron chi connectivity index (χ4n) is 7.01. The van der Waals surface area contributed by atoms with Crippen LogP contribution in [0.5, 0.6) is 0 Å². The lowest BCUT2D eigenvalue weighted by atomic mass is 9.46. The maximum atomic E-state index is 12.8. The average molecular weight is 417 g/mol. The lowest BCUT2D eigenvalue weighted by Gasteiger charge is -2.61. The van der Waals surface area contributed by atoms with Gasteiger partial charge in [-0.1, -0.05) is 0 Å². The molecule has 164 valence electrons. The quantitative estimate of drug-likeness (QED) is 0.743. The average Bonchev–Trinajstić information content (AvgIpc) is 3.14. The maximum Gasteiger partial charge on any atom is 0.224 e. The minimum absolute atomic E-state index is 0.0317. The van der Waals surface area contributed by atoms with Crippen LogP contribution >= 0.6 is 0 Å². The van der Waals surface area contributed by atoms with Gasteiger partial charge in [0, 0.05) is 32.5 Å². The Morgan fingerprint density at radius 1 is 1.17 bits per heavy atom. The molecule has 9 nitrogen and oxygen atoms in total. The molecule has 0 radical (unpaired) electrons. The summed E-state index contributed by atoms with van der Waals surface area (Å²) in [5.41, 5.74) is -0.0398. The van der Waals surface area contributed by atoms with Crippen LogP contribution in [-0.4, -0.2) is 69.8 Å². The van der Waals surface area contributed by atoms with E-state index in [1.54, 1.807) is 0 Å². The van der Waals surface area contributed by atoms with Gasteiger partial charge in [0.05, 0.1) is 18.8 Å². The number of hydrogen-bond donors (Lipinski definition) is 1. The molecule has 0 spiro atoms. The van der Waals surface area contributed by atoms with E-state index < -0.39 is 0 Å². The normalized spacial score (nSPS) is 34.9. The molecule has 5 aliphatic rings. The van der Waals surface area contributed by atoms with Crippen molar-refractivity contribution in [3.8, 4) is 0 Å². The predicted molar refractivity (Wildman–Crippen MR) is 107 cm³/mol. The van der Waals surface area contributed by atoms with Crippen molar-refractivity contribution < 1.29 is 14.3 Å². The van der Waals surface area contributed by atoms with Gasteiger partial charge in [-0.25, -0.2) is 0 Å². The Bertz CT molecular complexity index is 803. The number of nitrogens with zero attached hydrogens (tertiary/aromatic N) is 5. The van der Waals surface area contributed by atoms with Crippen molar-refractivity contribution in [1.29, 1.82) is 0 Å². The van der Waals surface area contributed by atoms with E-state index in [2.05, 4.69) is 20.7 Å². The highest BCUT2D eigenvalue weighted by atomic mass is 16.5. The summed E-state index contributed by atoms with van der Waals surface area (Å²) in [7, 11) is 0. The molecule has 0 aromatic carbocycles. The topological polar surface area (TPSA) is 102 Å². The summed E-state index contributed by atoms with van der Waals surface area (Å²) in [6, 6.07) is 0. The van der Waals surface area contributed by atoms with E-state index >= 15 is 0 Å². The molecule has 30 heavy (non-hydrogen) atoms. The Kier molecular flexibility index (Phi) is 5.03. The third-order valence-electron chi connectivity index (χ3n) is 7.65. The molecule has 4 saturated carbocycles. The standard InChI is InChI=1S/C21H32N6O3/c1-15-23-25-27(24-15)21-11-16-8-17(12-21)10-20(9-16,14-21)13-18(28)22-3-2-19(29)26-4-6-30-7-5-26/h16-17H,2-14H2,1H3,(H,22,28)/t16-,17-,20?,21?/m0/s1. The van der Waals surface area contributed by atoms with Crippen LogP contribution in [0.1, 0.15) is 57.2 Å². The van der Waals surface area contributed by atoms with Crippen LogP contribution in [0.15, 0.2) is 0 Å². The summed E-state index contributed by atoms with van der Waals surface area (Å²) < 4.78 is 5.29. The summed E-state index contributed by atoms with van der Waals surface area (Å²) in [4.78, 5) is 28.8. The molecule has 2 amide bonds. The zero-order valence-electron chi connectivity index (χ0n) is 17.8. The highest BCUT2D eigenvalue weighted by Crippen LogP contribution is 2.65. The highest BCUT2D eigenvalue weighted by molar-refractivity contribution is 5.79. The van der Waals surface area contributed by atoms with Crippen LogP contribution in [0.3, 0.4) is 0 Å². The Morgan fingerprint density at radius 2 is 1.90 bits per heavy atom. The smallest absolute Gasteiger partial charge is 0.224 e. The fourth-order valence-corrected chi connectivity index (χ4v) is 7.01. The molecule has 4 bridgehead atoms. The summed E-state index contributed by atoms with van der Waals surface area (Å²) in [5, 5.41) is 16.0. The Hall–Kier alpha value is -2.03. The molecule has 5 fully saturated rings. The number of hydrogen-bond acceptors (Lipinski definition) is 6. The maximum absolute atomic E-state index is 12.8. The molecule has 1 aromatic heterocycles. The number of carbonyl (C=O) groups excluding carboxylic acids is 2.